The van der Waals surface area contributed by atoms with E-state index in [1.807, 2.05) is 19.1 Å². The van der Waals surface area contributed by atoms with E-state index in [9.17, 15) is 9.18 Å². The Morgan fingerprint density at radius 2 is 1.74 bits per heavy atom. The van der Waals surface area contributed by atoms with Gasteiger partial charge in [0.05, 0.1) is 6.21 Å². The topological polar surface area (TPSA) is 41.5 Å². The predicted octanol–water partition coefficient (Wildman–Crippen LogP) is 2.90. The fraction of sp³-hybridized carbons (Fsp3) is 0.0667. The highest BCUT2D eigenvalue weighted by atomic mass is 19.1. The van der Waals surface area contributed by atoms with E-state index >= 15 is 0 Å². The molecule has 0 aliphatic rings. The summed E-state index contributed by atoms with van der Waals surface area (Å²) in [4.78, 5) is 11.7. The Kier molecular flexibility index (Phi) is 4.03. The lowest BCUT2D eigenvalue weighted by Gasteiger charge is -2.00. The molecule has 0 atom stereocenters. The van der Waals surface area contributed by atoms with Crippen LogP contribution in [0.4, 0.5) is 4.39 Å². The van der Waals surface area contributed by atoms with Crippen LogP contribution in [0.3, 0.4) is 0 Å². The normalized spacial score (nSPS) is 10.6. The van der Waals surface area contributed by atoms with Crippen molar-refractivity contribution in [1.29, 1.82) is 0 Å². The van der Waals surface area contributed by atoms with E-state index in [0.717, 1.165) is 5.56 Å². The number of amides is 1. The molecule has 0 saturated heterocycles. The molecule has 1 amide bonds. The number of hydrogen-bond acceptors (Lipinski definition) is 2. The van der Waals surface area contributed by atoms with Crippen LogP contribution in [0.2, 0.25) is 0 Å². The monoisotopic (exact) mass is 256 g/mol. The molecule has 3 nitrogen and oxygen atoms in total. The molecular weight excluding hydrogens is 243 g/mol. The number of carbonyl (C=O) groups excluding carboxylic acids is 1. The van der Waals surface area contributed by atoms with Crippen molar-refractivity contribution >= 4 is 12.1 Å². The molecule has 0 heterocycles. The van der Waals surface area contributed by atoms with Crippen LogP contribution in [0.15, 0.2) is 53.6 Å². The number of rotatable bonds is 3. The summed E-state index contributed by atoms with van der Waals surface area (Å²) in [6, 6.07) is 13.0. The summed E-state index contributed by atoms with van der Waals surface area (Å²) in [5.74, 6) is -0.584. The molecule has 0 unspecified atom stereocenters. The van der Waals surface area contributed by atoms with Crippen LogP contribution in [-0.4, -0.2) is 12.1 Å². The van der Waals surface area contributed by atoms with Gasteiger partial charge in [-0.15, -0.1) is 0 Å². The zero-order valence-corrected chi connectivity index (χ0v) is 10.4. The van der Waals surface area contributed by atoms with Crippen molar-refractivity contribution in [3.8, 4) is 0 Å². The Morgan fingerprint density at radius 1 is 1.11 bits per heavy atom. The van der Waals surface area contributed by atoms with E-state index in [1.54, 1.807) is 24.3 Å². The van der Waals surface area contributed by atoms with Crippen molar-refractivity contribution < 1.29 is 9.18 Å². The van der Waals surface area contributed by atoms with E-state index in [4.69, 9.17) is 0 Å². The second kappa shape index (κ2) is 5.91. The minimum Gasteiger partial charge on any atom is -0.267 e. The molecule has 0 spiro atoms. The van der Waals surface area contributed by atoms with Crippen LogP contribution >= 0.6 is 0 Å². The molecule has 0 aromatic heterocycles. The maximum Gasteiger partial charge on any atom is 0.271 e. The molecule has 0 saturated carbocycles. The smallest absolute Gasteiger partial charge is 0.267 e. The summed E-state index contributed by atoms with van der Waals surface area (Å²) in [6.07, 6.45) is 1.46. The molecule has 0 fully saturated rings. The average Bonchev–Trinajstić information content (AvgIpc) is 2.41. The standard InChI is InChI=1S/C15H13FN2O/c1-11-2-6-13(7-3-11)15(19)18-17-10-12-4-8-14(16)9-5-12/h2-10H,1H3,(H,18,19). The van der Waals surface area contributed by atoms with Crippen molar-refractivity contribution in [3.63, 3.8) is 0 Å². The van der Waals surface area contributed by atoms with Crippen LogP contribution in [0.5, 0.6) is 0 Å². The Labute approximate surface area is 110 Å². The SMILES string of the molecule is Cc1ccc(C(=O)NN=Cc2ccc(F)cc2)cc1. The second-order valence-electron chi connectivity index (χ2n) is 4.12. The maximum absolute atomic E-state index is 12.7. The molecule has 0 aliphatic heterocycles. The van der Waals surface area contributed by atoms with Crippen molar-refractivity contribution in [2.75, 3.05) is 0 Å². The number of aryl methyl sites for hydroxylation is 1. The highest BCUT2D eigenvalue weighted by Gasteiger charge is 2.02. The molecule has 0 radical (unpaired) electrons. The minimum absolute atomic E-state index is 0.279. The number of halogens is 1. The van der Waals surface area contributed by atoms with Gasteiger partial charge in [0.15, 0.2) is 0 Å². The number of benzene rings is 2. The van der Waals surface area contributed by atoms with Gasteiger partial charge >= 0.3 is 0 Å². The Bertz CT molecular complexity index is 589. The Hall–Kier alpha value is -2.49. The largest absolute Gasteiger partial charge is 0.271 e. The summed E-state index contributed by atoms with van der Waals surface area (Å²) >= 11 is 0. The van der Waals surface area contributed by atoms with Gasteiger partial charge in [-0.05, 0) is 36.8 Å². The van der Waals surface area contributed by atoms with Gasteiger partial charge in [-0.3, -0.25) is 4.79 Å². The number of hydrazone groups is 1. The van der Waals surface area contributed by atoms with Crippen molar-refractivity contribution in [2.24, 2.45) is 5.10 Å². The van der Waals surface area contributed by atoms with Gasteiger partial charge in [-0.2, -0.15) is 5.10 Å². The lowest BCUT2D eigenvalue weighted by molar-refractivity contribution is 0.0955. The summed E-state index contributed by atoms with van der Waals surface area (Å²) in [5.41, 5.74) is 4.76. The van der Waals surface area contributed by atoms with Gasteiger partial charge in [0.2, 0.25) is 0 Å². The van der Waals surface area contributed by atoms with Crippen molar-refractivity contribution in [1.82, 2.24) is 5.43 Å². The number of carbonyl (C=O) groups is 1. The van der Waals surface area contributed by atoms with Gasteiger partial charge in [0.1, 0.15) is 5.82 Å². The van der Waals surface area contributed by atoms with Crippen LogP contribution < -0.4 is 5.43 Å². The first kappa shape index (κ1) is 13.0. The van der Waals surface area contributed by atoms with Gasteiger partial charge in [0.25, 0.3) is 5.91 Å². The quantitative estimate of drug-likeness (QED) is 0.665. The molecule has 4 heteroatoms. The molecule has 0 bridgehead atoms. The Balaban J connectivity index is 1.96. The summed E-state index contributed by atoms with van der Waals surface area (Å²) in [6.45, 7) is 1.95. The summed E-state index contributed by atoms with van der Waals surface area (Å²) in [5, 5.41) is 3.82. The zero-order valence-electron chi connectivity index (χ0n) is 10.4. The van der Waals surface area contributed by atoms with E-state index < -0.39 is 0 Å². The molecule has 2 aromatic carbocycles. The number of nitrogens with zero attached hydrogens (tertiary/aromatic N) is 1. The van der Waals surface area contributed by atoms with E-state index in [0.29, 0.717) is 11.1 Å². The lowest BCUT2D eigenvalue weighted by atomic mass is 10.1. The lowest BCUT2D eigenvalue weighted by Crippen LogP contribution is -2.17. The minimum atomic E-state index is -0.305. The highest BCUT2D eigenvalue weighted by Crippen LogP contribution is 2.03. The molecule has 2 rings (SSSR count). The molecule has 1 N–H and O–H groups in total. The van der Waals surface area contributed by atoms with Crippen molar-refractivity contribution in [3.05, 3.63) is 71.0 Å². The second-order valence-corrected chi connectivity index (χ2v) is 4.12. The molecular formula is C15H13FN2O. The maximum atomic E-state index is 12.7. The van der Waals surface area contributed by atoms with Crippen LogP contribution in [0.25, 0.3) is 0 Å². The van der Waals surface area contributed by atoms with Gasteiger partial charge in [-0.1, -0.05) is 29.8 Å². The van der Waals surface area contributed by atoms with Gasteiger partial charge in [-0.25, -0.2) is 9.82 Å². The third-order valence-corrected chi connectivity index (χ3v) is 2.56. The first-order valence-corrected chi connectivity index (χ1v) is 5.81. The molecule has 19 heavy (non-hydrogen) atoms. The van der Waals surface area contributed by atoms with E-state index in [2.05, 4.69) is 10.5 Å². The third kappa shape index (κ3) is 3.74. The first-order valence-electron chi connectivity index (χ1n) is 5.81. The van der Waals surface area contributed by atoms with Crippen LogP contribution in [0.1, 0.15) is 21.5 Å². The third-order valence-electron chi connectivity index (χ3n) is 2.56. The van der Waals surface area contributed by atoms with E-state index in [-0.39, 0.29) is 11.7 Å². The zero-order chi connectivity index (χ0) is 13.7. The molecule has 2 aromatic rings. The molecule has 96 valence electrons. The van der Waals surface area contributed by atoms with Crippen molar-refractivity contribution in [2.45, 2.75) is 6.92 Å². The van der Waals surface area contributed by atoms with Crippen LogP contribution in [0, 0.1) is 12.7 Å². The van der Waals surface area contributed by atoms with Gasteiger partial charge in [0, 0.05) is 5.56 Å². The summed E-state index contributed by atoms with van der Waals surface area (Å²) < 4.78 is 12.7. The Morgan fingerprint density at radius 3 is 2.37 bits per heavy atom. The van der Waals surface area contributed by atoms with Gasteiger partial charge < -0.3 is 0 Å². The predicted molar refractivity (Wildman–Crippen MR) is 72.6 cm³/mol. The number of nitrogens with one attached hydrogen (secondary N) is 1. The fourth-order valence-corrected chi connectivity index (χ4v) is 1.48. The highest BCUT2D eigenvalue weighted by molar-refractivity contribution is 5.94. The average molecular weight is 256 g/mol. The number of hydrogen-bond donors (Lipinski definition) is 1. The molecule has 0 aliphatic carbocycles. The fourth-order valence-electron chi connectivity index (χ4n) is 1.48. The summed E-state index contributed by atoms with van der Waals surface area (Å²) in [7, 11) is 0. The first-order chi connectivity index (χ1) is 9.15. The van der Waals surface area contributed by atoms with E-state index in [1.165, 1.54) is 18.3 Å². The van der Waals surface area contributed by atoms with Crippen LogP contribution in [-0.2, 0) is 0 Å².